The Morgan fingerprint density at radius 3 is 2.52 bits per heavy atom. The summed E-state index contributed by atoms with van der Waals surface area (Å²) >= 11 is 0. The molecule has 2 aromatic carbocycles. The van der Waals surface area contributed by atoms with Gasteiger partial charge in [-0.3, -0.25) is 0 Å². The van der Waals surface area contributed by atoms with Crippen LogP contribution < -0.4 is 14.2 Å². The molecule has 0 aliphatic heterocycles. The summed E-state index contributed by atoms with van der Waals surface area (Å²) in [7, 11) is 1.59. The highest BCUT2D eigenvalue weighted by Gasteiger charge is 2.04. The summed E-state index contributed by atoms with van der Waals surface area (Å²) in [6.07, 6.45) is 2.28. The van der Waals surface area contributed by atoms with E-state index in [4.69, 9.17) is 19.0 Å². The lowest BCUT2D eigenvalue weighted by Gasteiger charge is -2.09. The lowest BCUT2D eigenvalue weighted by Crippen LogP contribution is -2.01. The number of nitrogens with zero attached hydrogens (tertiary/aromatic N) is 1. The standard InChI is InChI=1S/C19H22FNO4/c1-3-23-18-10-5-15(13-19(18)22-2)14-21-25-12-4-11-24-17-8-6-16(20)7-9-17/h5-10,13-14H,3-4,11-12H2,1-2H3/b21-14+. The first-order valence-corrected chi connectivity index (χ1v) is 8.07. The fraction of sp³-hybridized carbons (Fsp3) is 0.316. The van der Waals surface area contributed by atoms with Gasteiger partial charge < -0.3 is 19.0 Å². The second-order valence-electron chi connectivity index (χ2n) is 5.07. The molecule has 0 aromatic heterocycles. The number of rotatable bonds is 10. The third-order valence-corrected chi connectivity index (χ3v) is 3.23. The van der Waals surface area contributed by atoms with E-state index in [-0.39, 0.29) is 5.82 Å². The maximum atomic E-state index is 12.8. The van der Waals surface area contributed by atoms with Crippen LogP contribution in [0.2, 0.25) is 0 Å². The Hall–Kier alpha value is -2.76. The summed E-state index contributed by atoms with van der Waals surface area (Å²) in [5.41, 5.74) is 0.850. The predicted molar refractivity (Wildman–Crippen MR) is 94.2 cm³/mol. The molecule has 6 heteroatoms. The number of ether oxygens (including phenoxy) is 3. The van der Waals surface area contributed by atoms with Crippen LogP contribution in [0.5, 0.6) is 17.2 Å². The average molecular weight is 347 g/mol. The zero-order valence-electron chi connectivity index (χ0n) is 14.4. The third-order valence-electron chi connectivity index (χ3n) is 3.23. The van der Waals surface area contributed by atoms with Crippen LogP contribution >= 0.6 is 0 Å². The zero-order valence-corrected chi connectivity index (χ0v) is 14.4. The number of hydrogen-bond acceptors (Lipinski definition) is 5. The normalized spacial score (nSPS) is 10.7. The van der Waals surface area contributed by atoms with Crippen LogP contribution in [-0.4, -0.2) is 33.1 Å². The van der Waals surface area contributed by atoms with Gasteiger partial charge >= 0.3 is 0 Å². The van der Waals surface area contributed by atoms with Crippen molar-refractivity contribution in [3.05, 3.63) is 53.8 Å². The van der Waals surface area contributed by atoms with Crippen molar-refractivity contribution in [1.29, 1.82) is 0 Å². The molecule has 0 unspecified atom stereocenters. The summed E-state index contributed by atoms with van der Waals surface area (Å²) < 4.78 is 29.0. The topological polar surface area (TPSA) is 49.3 Å². The van der Waals surface area contributed by atoms with E-state index >= 15 is 0 Å². The molecule has 0 aliphatic rings. The Morgan fingerprint density at radius 1 is 1.00 bits per heavy atom. The van der Waals surface area contributed by atoms with Gasteiger partial charge in [-0.2, -0.15) is 0 Å². The quantitative estimate of drug-likeness (QED) is 0.370. The van der Waals surface area contributed by atoms with Gasteiger partial charge in [-0.1, -0.05) is 5.16 Å². The number of halogens is 1. The fourth-order valence-corrected chi connectivity index (χ4v) is 2.03. The lowest BCUT2D eigenvalue weighted by atomic mass is 10.2. The molecule has 25 heavy (non-hydrogen) atoms. The average Bonchev–Trinajstić information content (AvgIpc) is 2.63. The Balaban J connectivity index is 1.69. The van der Waals surface area contributed by atoms with Gasteiger partial charge in [-0.15, -0.1) is 0 Å². The van der Waals surface area contributed by atoms with Crippen LogP contribution in [0.25, 0.3) is 0 Å². The molecule has 2 rings (SSSR count). The molecule has 2 aromatic rings. The second-order valence-corrected chi connectivity index (χ2v) is 5.07. The van der Waals surface area contributed by atoms with Crippen molar-refractivity contribution < 1.29 is 23.4 Å². The Kier molecular flexibility index (Phi) is 7.56. The van der Waals surface area contributed by atoms with Crippen LogP contribution in [0.15, 0.2) is 47.6 Å². The van der Waals surface area contributed by atoms with E-state index in [0.29, 0.717) is 43.5 Å². The summed E-state index contributed by atoms with van der Waals surface area (Å²) in [6, 6.07) is 11.4. The highest BCUT2D eigenvalue weighted by atomic mass is 19.1. The molecule has 0 saturated heterocycles. The molecule has 0 N–H and O–H groups in total. The molecule has 0 spiro atoms. The van der Waals surface area contributed by atoms with Crippen molar-refractivity contribution >= 4 is 6.21 Å². The van der Waals surface area contributed by atoms with Gasteiger partial charge in [0.15, 0.2) is 11.5 Å². The zero-order chi connectivity index (χ0) is 17.9. The molecule has 0 bridgehead atoms. The second kappa shape index (κ2) is 10.2. The van der Waals surface area contributed by atoms with Crippen molar-refractivity contribution in [1.82, 2.24) is 0 Å². The highest BCUT2D eigenvalue weighted by Crippen LogP contribution is 2.27. The highest BCUT2D eigenvalue weighted by molar-refractivity contribution is 5.80. The molecule has 0 aliphatic carbocycles. The maximum absolute atomic E-state index is 12.8. The Morgan fingerprint density at radius 2 is 1.80 bits per heavy atom. The van der Waals surface area contributed by atoms with Crippen LogP contribution in [0.3, 0.4) is 0 Å². The first kappa shape index (κ1) is 18.6. The van der Waals surface area contributed by atoms with Crippen molar-refractivity contribution in [2.45, 2.75) is 13.3 Å². The van der Waals surface area contributed by atoms with E-state index in [1.807, 2.05) is 25.1 Å². The minimum atomic E-state index is -0.282. The monoisotopic (exact) mass is 347 g/mol. The summed E-state index contributed by atoms with van der Waals surface area (Å²) in [5.74, 6) is 1.70. The number of hydrogen-bond donors (Lipinski definition) is 0. The molecule has 0 radical (unpaired) electrons. The summed E-state index contributed by atoms with van der Waals surface area (Å²) in [6.45, 7) is 3.39. The first-order chi connectivity index (χ1) is 12.2. The van der Waals surface area contributed by atoms with E-state index in [0.717, 1.165) is 5.56 Å². The molecular weight excluding hydrogens is 325 g/mol. The smallest absolute Gasteiger partial charge is 0.161 e. The Labute approximate surface area is 147 Å². The van der Waals surface area contributed by atoms with Gasteiger partial charge in [-0.05, 0) is 49.4 Å². The number of methoxy groups -OCH3 is 1. The molecule has 0 amide bonds. The van der Waals surface area contributed by atoms with E-state index in [1.165, 1.54) is 12.1 Å². The van der Waals surface area contributed by atoms with Crippen LogP contribution in [0.1, 0.15) is 18.9 Å². The fourth-order valence-electron chi connectivity index (χ4n) is 2.03. The molecule has 0 saturated carbocycles. The van der Waals surface area contributed by atoms with E-state index in [1.54, 1.807) is 25.5 Å². The SMILES string of the molecule is CCOc1ccc(/C=N/OCCCOc2ccc(F)cc2)cc1OC. The molecule has 0 atom stereocenters. The minimum Gasteiger partial charge on any atom is -0.493 e. The van der Waals surface area contributed by atoms with E-state index in [9.17, 15) is 4.39 Å². The van der Waals surface area contributed by atoms with Gasteiger partial charge in [0.25, 0.3) is 0 Å². The molecule has 0 fully saturated rings. The molecule has 134 valence electrons. The molecule has 5 nitrogen and oxygen atoms in total. The minimum absolute atomic E-state index is 0.282. The van der Waals surface area contributed by atoms with Gasteiger partial charge in [0.05, 0.1) is 26.5 Å². The third kappa shape index (κ3) is 6.33. The summed E-state index contributed by atoms with van der Waals surface area (Å²) in [4.78, 5) is 5.20. The predicted octanol–water partition coefficient (Wildman–Crippen LogP) is 4.05. The van der Waals surface area contributed by atoms with Gasteiger partial charge in [0.2, 0.25) is 0 Å². The van der Waals surface area contributed by atoms with Crippen molar-refractivity contribution in [2.24, 2.45) is 5.16 Å². The van der Waals surface area contributed by atoms with Crippen molar-refractivity contribution in [2.75, 3.05) is 26.9 Å². The van der Waals surface area contributed by atoms with E-state index in [2.05, 4.69) is 5.16 Å². The number of benzene rings is 2. The van der Waals surface area contributed by atoms with Crippen LogP contribution in [0, 0.1) is 5.82 Å². The van der Waals surface area contributed by atoms with Crippen LogP contribution in [-0.2, 0) is 4.84 Å². The van der Waals surface area contributed by atoms with Gasteiger partial charge in [0, 0.05) is 12.0 Å². The summed E-state index contributed by atoms with van der Waals surface area (Å²) in [5, 5.41) is 3.92. The van der Waals surface area contributed by atoms with Crippen LogP contribution in [0.4, 0.5) is 4.39 Å². The molecule has 0 heterocycles. The lowest BCUT2D eigenvalue weighted by molar-refractivity contribution is 0.129. The van der Waals surface area contributed by atoms with Crippen molar-refractivity contribution in [3.8, 4) is 17.2 Å². The van der Waals surface area contributed by atoms with Crippen molar-refractivity contribution in [3.63, 3.8) is 0 Å². The number of oxime groups is 1. The van der Waals surface area contributed by atoms with E-state index < -0.39 is 0 Å². The molecular formula is C19H22FNO4. The van der Waals surface area contributed by atoms with Gasteiger partial charge in [0.1, 0.15) is 18.2 Å². The maximum Gasteiger partial charge on any atom is 0.161 e. The largest absolute Gasteiger partial charge is 0.493 e. The Bertz CT molecular complexity index is 674. The van der Waals surface area contributed by atoms with Gasteiger partial charge in [-0.25, -0.2) is 4.39 Å². The first-order valence-electron chi connectivity index (χ1n) is 8.07.